The first-order chi connectivity index (χ1) is 9.25. The van der Waals surface area contributed by atoms with Crippen LogP contribution in [-0.2, 0) is 4.79 Å². The average molecular weight is 273 g/mol. The molecule has 2 heterocycles. The molecule has 0 spiro atoms. The molecule has 3 unspecified atom stereocenters. The van der Waals surface area contributed by atoms with Gasteiger partial charge in [0.05, 0.1) is 5.92 Å². The van der Waals surface area contributed by atoms with Crippen LogP contribution in [0.5, 0.6) is 0 Å². The first kappa shape index (κ1) is 12.5. The SMILES string of the molecule is O=C(O)C(c1ccccc1)C1CC2CN=CC=C2S1. The fourth-order valence-electron chi connectivity index (χ4n) is 2.75. The molecule has 2 aliphatic rings. The van der Waals surface area contributed by atoms with Gasteiger partial charge in [0.1, 0.15) is 0 Å². The third kappa shape index (κ3) is 2.45. The highest BCUT2D eigenvalue weighted by atomic mass is 32.2. The maximum Gasteiger partial charge on any atom is 0.312 e. The van der Waals surface area contributed by atoms with Crippen LogP contribution in [0.4, 0.5) is 0 Å². The molecule has 3 rings (SSSR count). The minimum atomic E-state index is -0.733. The Labute approximate surface area is 116 Å². The van der Waals surface area contributed by atoms with Gasteiger partial charge in [-0.3, -0.25) is 9.79 Å². The monoisotopic (exact) mass is 273 g/mol. The van der Waals surface area contributed by atoms with Crippen LogP contribution in [0.3, 0.4) is 0 Å². The molecule has 0 aromatic heterocycles. The lowest BCUT2D eigenvalue weighted by molar-refractivity contribution is -0.138. The molecule has 3 nitrogen and oxygen atoms in total. The third-order valence-corrected chi connectivity index (χ3v) is 5.18. The van der Waals surface area contributed by atoms with E-state index in [1.54, 1.807) is 11.8 Å². The van der Waals surface area contributed by atoms with Gasteiger partial charge in [0.15, 0.2) is 0 Å². The number of fused-ring (bicyclic) bond motifs is 1. The van der Waals surface area contributed by atoms with E-state index in [9.17, 15) is 9.90 Å². The Kier molecular flexibility index (Phi) is 3.42. The van der Waals surface area contributed by atoms with Gasteiger partial charge < -0.3 is 5.11 Å². The van der Waals surface area contributed by atoms with Gasteiger partial charge in [-0.2, -0.15) is 0 Å². The zero-order chi connectivity index (χ0) is 13.2. The van der Waals surface area contributed by atoms with E-state index in [1.807, 2.05) is 42.6 Å². The zero-order valence-electron chi connectivity index (χ0n) is 10.4. The molecule has 4 heteroatoms. The molecule has 1 saturated heterocycles. The van der Waals surface area contributed by atoms with Crippen molar-refractivity contribution in [1.29, 1.82) is 0 Å². The summed E-state index contributed by atoms with van der Waals surface area (Å²) in [6.07, 6.45) is 4.77. The Bertz CT molecular complexity index is 538. The van der Waals surface area contributed by atoms with Gasteiger partial charge in [0.25, 0.3) is 0 Å². The Balaban J connectivity index is 1.85. The van der Waals surface area contributed by atoms with Crippen LogP contribution < -0.4 is 0 Å². The molecule has 1 N–H and O–H groups in total. The topological polar surface area (TPSA) is 49.7 Å². The highest BCUT2D eigenvalue weighted by molar-refractivity contribution is 8.04. The average Bonchev–Trinajstić information content (AvgIpc) is 2.82. The van der Waals surface area contributed by atoms with Crippen LogP contribution in [0, 0.1) is 5.92 Å². The molecule has 1 aromatic carbocycles. The molecule has 0 saturated carbocycles. The zero-order valence-corrected chi connectivity index (χ0v) is 11.2. The summed E-state index contributed by atoms with van der Waals surface area (Å²) in [4.78, 5) is 17.2. The molecule has 19 heavy (non-hydrogen) atoms. The summed E-state index contributed by atoms with van der Waals surface area (Å²) in [5.74, 6) is -0.743. The van der Waals surface area contributed by atoms with E-state index in [2.05, 4.69) is 4.99 Å². The molecular formula is C15H15NO2S. The smallest absolute Gasteiger partial charge is 0.312 e. The number of allylic oxidation sites excluding steroid dienone is 1. The van der Waals surface area contributed by atoms with Crippen LogP contribution in [-0.4, -0.2) is 29.1 Å². The normalized spacial score (nSPS) is 26.6. The van der Waals surface area contributed by atoms with E-state index in [4.69, 9.17) is 0 Å². The lowest BCUT2D eigenvalue weighted by Gasteiger charge is -2.18. The van der Waals surface area contributed by atoms with E-state index in [-0.39, 0.29) is 5.25 Å². The van der Waals surface area contributed by atoms with Gasteiger partial charge in [0.2, 0.25) is 0 Å². The number of aliphatic imine (C=N–C) groups is 1. The van der Waals surface area contributed by atoms with Gasteiger partial charge in [-0.1, -0.05) is 30.3 Å². The second-order valence-electron chi connectivity index (χ2n) is 4.90. The highest BCUT2D eigenvalue weighted by Crippen LogP contribution is 2.48. The Hall–Kier alpha value is -1.55. The number of carboxylic acid groups (broad SMARTS) is 1. The largest absolute Gasteiger partial charge is 0.481 e. The van der Waals surface area contributed by atoms with Gasteiger partial charge in [-0.25, -0.2) is 0 Å². The second kappa shape index (κ2) is 5.21. The van der Waals surface area contributed by atoms with Crippen molar-refractivity contribution >= 4 is 23.9 Å². The van der Waals surface area contributed by atoms with Crippen molar-refractivity contribution in [3.8, 4) is 0 Å². The van der Waals surface area contributed by atoms with Crippen LogP contribution in [0.2, 0.25) is 0 Å². The molecular weight excluding hydrogens is 258 g/mol. The number of nitrogens with zero attached hydrogens (tertiary/aromatic N) is 1. The third-order valence-electron chi connectivity index (χ3n) is 3.67. The number of carbonyl (C=O) groups is 1. The molecule has 98 valence electrons. The predicted octanol–water partition coefficient (Wildman–Crippen LogP) is 2.94. The van der Waals surface area contributed by atoms with Crippen molar-refractivity contribution in [1.82, 2.24) is 0 Å². The number of aliphatic carboxylic acids is 1. The summed E-state index contributed by atoms with van der Waals surface area (Å²) >= 11 is 1.71. The van der Waals surface area contributed by atoms with Crippen LogP contribution in [0.15, 0.2) is 46.3 Å². The minimum Gasteiger partial charge on any atom is -0.481 e. The van der Waals surface area contributed by atoms with Gasteiger partial charge in [-0.05, 0) is 23.0 Å². The number of benzene rings is 1. The number of rotatable bonds is 3. The highest BCUT2D eigenvalue weighted by Gasteiger charge is 2.39. The van der Waals surface area contributed by atoms with Crippen molar-refractivity contribution in [2.45, 2.75) is 17.6 Å². The molecule has 0 amide bonds. The molecule has 0 bridgehead atoms. The van der Waals surface area contributed by atoms with E-state index < -0.39 is 11.9 Å². The van der Waals surface area contributed by atoms with Crippen LogP contribution in [0.1, 0.15) is 17.9 Å². The summed E-state index contributed by atoms with van der Waals surface area (Å²) < 4.78 is 0. The van der Waals surface area contributed by atoms with E-state index >= 15 is 0 Å². The number of hydrogen-bond acceptors (Lipinski definition) is 3. The standard InChI is InChI=1S/C15H15NO2S/c17-15(18)14(10-4-2-1-3-5-10)13-8-11-9-16-7-6-12(11)19-13/h1-7,11,13-14H,8-9H2,(H,17,18). The second-order valence-corrected chi connectivity index (χ2v) is 6.21. The van der Waals surface area contributed by atoms with E-state index in [0.717, 1.165) is 18.5 Å². The minimum absolute atomic E-state index is 0.109. The van der Waals surface area contributed by atoms with Gasteiger partial charge >= 0.3 is 5.97 Å². The number of carboxylic acids is 1. The first-order valence-corrected chi connectivity index (χ1v) is 7.28. The summed E-state index contributed by atoms with van der Waals surface area (Å²) in [5.41, 5.74) is 0.896. The first-order valence-electron chi connectivity index (χ1n) is 6.40. The molecule has 0 radical (unpaired) electrons. The van der Waals surface area contributed by atoms with Crippen molar-refractivity contribution in [3.63, 3.8) is 0 Å². The summed E-state index contributed by atoms with van der Waals surface area (Å²) in [7, 11) is 0. The molecule has 0 aliphatic carbocycles. The number of dihydropyridines is 1. The fourth-order valence-corrected chi connectivity index (χ4v) is 4.34. The van der Waals surface area contributed by atoms with Crippen molar-refractivity contribution in [2.75, 3.05) is 6.54 Å². The van der Waals surface area contributed by atoms with E-state index in [1.165, 1.54) is 4.91 Å². The quantitative estimate of drug-likeness (QED) is 0.921. The maximum absolute atomic E-state index is 11.6. The van der Waals surface area contributed by atoms with Crippen LogP contribution >= 0.6 is 11.8 Å². The van der Waals surface area contributed by atoms with E-state index in [0.29, 0.717) is 5.92 Å². The van der Waals surface area contributed by atoms with Crippen molar-refractivity contribution in [3.05, 3.63) is 46.9 Å². The lowest BCUT2D eigenvalue weighted by atomic mass is 9.89. The number of thioether (sulfide) groups is 1. The molecule has 2 aliphatic heterocycles. The van der Waals surface area contributed by atoms with Crippen molar-refractivity contribution < 1.29 is 9.90 Å². The van der Waals surface area contributed by atoms with Gasteiger partial charge in [0, 0.05) is 23.9 Å². The number of hydrogen-bond donors (Lipinski definition) is 1. The van der Waals surface area contributed by atoms with Crippen molar-refractivity contribution in [2.24, 2.45) is 10.9 Å². The maximum atomic E-state index is 11.6. The summed E-state index contributed by atoms with van der Waals surface area (Å²) in [6, 6.07) is 9.54. The molecule has 3 atom stereocenters. The Morgan fingerprint density at radius 2 is 2.16 bits per heavy atom. The Morgan fingerprint density at radius 1 is 1.37 bits per heavy atom. The summed E-state index contributed by atoms with van der Waals surface area (Å²) in [5, 5.41) is 9.67. The van der Waals surface area contributed by atoms with Gasteiger partial charge in [-0.15, -0.1) is 11.8 Å². The molecule has 1 fully saturated rings. The predicted molar refractivity (Wildman–Crippen MR) is 77.7 cm³/mol. The Morgan fingerprint density at radius 3 is 2.84 bits per heavy atom. The lowest BCUT2D eigenvalue weighted by Crippen LogP contribution is -2.22. The van der Waals surface area contributed by atoms with Crippen LogP contribution in [0.25, 0.3) is 0 Å². The fraction of sp³-hybridized carbons (Fsp3) is 0.333. The molecule has 1 aromatic rings. The summed E-state index contributed by atoms with van der Waals surface area (Å²) in [6.45, 7) is 0.802.